The predicted molar refractivity (Wildman–Crippen MR) is 97.4 cm³/mol. The SMILES string of the molecule is COc1cccc(C(=O)COC(=O)c2sccc2-c2ccccc2)c1. The number of Topliss-reactive ketones (excluding diaryl/α,β-unsaturated/α-hetero) is 1. The highest BCUT2D eigenvalue weighted by Gasteiger charge is 2.18. The second-order valence-corrected chi connectivity index (χ2v) is 6.18. The molecule has 2 aromatic carbocycles. The molecule has 0 aliphatic rings. The second-order valence-electron chi connectivity index (χ2n) is 5.26. The Bertz CT molecular complexity index is 883. The minimum atomic E-state index is -0.495. The van der Waals surface area contributed by atoms with Crippen LogP contribution in [-0.2, 0) is 4.74 Å². The monoisotopic (exact) mass is 352 g/mol. The van der Waals surface area contributed by atoms with E-state index in [4.69, 9.17) is 9.47 Å². The number of ketones is 1. The number of benzene rings is 2. The van der Waals surface area contributed by atoms with Gasteiger partial charge in [-0.15, -0.1) is 11.3 Å². The molecule has 1 heterocycles. The number of thiophene rings is 1. The third-order valence-electron chi connectivity index (χ3n) is 3.66. The number of esters is 1. The third-order valence-corrected chi connectivity index (χ3v) is 4.56. The van der Waals surface area contributed by atoms with E-state index in [0.29, 0.717) is 16.2 Å². The number of hydrogen-bond donors (Lipinski definition) is 0. The molecule has 4 nitrogen and oxygen atoms in total. The van der Waals surface area contributed by atoms with Crippen molar-refractivity contribution < 1.29 is 19.1 Å². The molecule has 126 valence electrons. The highest BCUT2D eigenvalue weighted by molar-refractivity contribution is 7.12. The zero-order valence-electron chi connectivity index (χ0n) is 13.6. The van der Waals surface area contributed by atoms with Crippen molar-refractivity contribution in [2.45, 2.75) is 0 Å². The molecule has 0 saturated heterocycles. The fourth-order valence-corrected chi connectivity index (χ4v) is 3.20. The molecule has 0 bridgehead atoms. The first-order valence-corrected chi connectivity index (χ1v) is 8.54. The Morgan fingerprint density at radius 1 is 1.00 bits per heavy atom. The van der Waals surface area contributed by atoms with Gasteiger partial charge in [0.1, 0.15) is 10.6 Å². The standard InChI is InChI=1S/C20H16O4S/c1-23-16-9-5-8-15(12-16)18(21)13-24-20(22)19-17(10-11-25-19)14-6-3-2-4-7-14/h2-12H,13H2,1H3. The first kappa shape index (κ1) is 16.9. The molecule has 0 fully saturated rings. The van der Waals surface area contributed by atoms with Crippen LogP contribution < -0.4 is 4.74 Å². The van der Waals surface area contributed by atoms with Gasteiger partial charge in [-0.3, -0.25) is 4.79 Å². The van der Waals surface area contributed by atoms with Crippen LogP contribution in [0.3, 0.4) is 0 Å². The summed E-state index contributed by atoms with van der Waals surface area (Å²) in [6.45, 7) is -0.307. The van der Waals surface area contributed by atoms with Gasteiger partial charge in [-0.2, -0.15) is 0 Å². The van der Waals surface area contributed by atoms with E-state index in [1.54, 1.807) is 24.3 Å². The highest BCUT2D eigenvalue weighted by Crippen LogP contribution is 2.28. The summed E-state index contributed by atoms with van der Waals surface area (Å²) in [5.41, 5.74) is 2.20. The number of carbonyl (C=O) groups excluding carboxylic acids is 2. The minimum Gasteiger partial charge on any atom is -0.497 e. The van der Waals surface area contributed by atoms with Crippen LogP contribution in [0, 0.1) is 0 Å². The summed E-state index contributed by atoms with van der Waals surface area (Å²) in [6.07, 6.45) is 0. The van der Waals surface area contributed by atoms with Crippen LogP contribution >= 0.6 is 11.3 Å². The number of rotatable bonds is 6. The van der Waals surface area contributed by atoms with Gasteiger partial charge in [0, 0.05) is 11.1 Å². The molecule has 0 saturated carbocycles. The molecule has 0 spiro atoms. The van der Waals surface area contributed by atoms with Crippen molar-refractivity contribution in [3.8, 4) is 16.9 Å². The maximum absolute atomic E-state index is 12.4. The number of methoxy groups -OCH3 is 1. The minimum absolute atomic E-state index is 0.273. The quantitative estimate of drug-likeness (QED) is 0.485. The van der Waals surface area contributed by atoms with Gasteiger partial charge in [-0.25, -0.2) is 4.79 Å². The Labute approximate surface area is 149 Å². The Balaban J connectivity index is 1.69. The molecule has 0 atom stereocenters. The van der Waals surface area contributed by atoms with E-state index in [1.165, 1.54) is 18.4 Å². The molecular formula is C20H16O4S. The summed E-state index contributed by atoms with van der Waals surface area (Å²) in [5.74, 6) is -0.183. The van der Waals surface area contributed by atoms with Gasteiger partial charge < -0.3 is 9.47 Å². The van der Waals surface area contributed by atoms with Crippen molar-refractivity contribution in [2.24, 2.45) is 0 Å². The number of ether oxygens (including phenoxy) is 2. The molecule has 0 aliphatic carbocycles. The van der Waals surface area contributed by atoms with Crippen LogP contribution in [0.4, 0.5) is 0 Å². The second kappa shape index (κ2) is 7.77. The van der Waals surface area contributed by atoms with Gasteiger partial charge in [0.2, 0.25) is 0 Å². The summed E-state index contributed by atoms with van der Waals surface area (Å²) in [5, 5.41) is 1.84. The van der Waals surface area contributed by atoms with Crippen LogP contribution in [0.5, 0.6) is 5.75 Å². The van der Waals surface area contributed by atoms with E-state index in [9.17, 15) is 9.59 Å². The van der Waals surface area contributed by atoms with E-state index in [0.717, 1.165) is 11.1 Å². The van der Waals surface area contributed by atoms with Gasteiger partial charge in [0.25, 0.3) is 0 Å². The normalized spacial score (nSPS) is 10.3. The number of carbonyl (C=O) groups is 2. The summed E-state index contributed by atoms with van der Waals surface area (Å²) in [6, 6.07) is 18.2. The maximum atomic E-state index is 12.4. The summed E-state index contributed by atoms with van der Waals surface area (Å²) < 4.78 is 10.3. The van der Waals surface area contributed by atoms with Crippen LogP contribution in [0.25, 0.3) is 11.1 Å². The van der Waals surface area contributed by atoms with Crippen LogP contribution in [0.15, 0.2) is 66.0 Å². The molecular weight excluding hydrogens is 336 g/mol. The van der Waals surface area contributed by atoms with Gasteiger partial charge in [-0.05, 0) is 29.1 Å². The molecule has 0 unspecified atom stereocenters. The Morgan fingerprint density at radius 3 is 2.56 bits per heavy atom. The average molecular weight is 352 g/mol. The van der Waals surface area contributed by atoms with Gasteiger partial charge in [-0.1, -0.05) is 42.5 Å². The van der Waals surface area contributed by atoms with Crippen molar-refractivity contribution in [3.05, 3.63) is 76.5 Å². The fourth-order valence-electron chi connectivity index (χ4n) is 2.39. The number of hydrogen-bond acceptors (Lipinski definition) is 5. The molecule has 3 aromatic rings. The van der Waals surface area contributed by atoms with E-state index >= 15 is 0 Å². The zero-order chi connectivity index (χ0) is 17.6. The van der Waals surface area contributed by atoms with Gasteiger partial charge in [0.15, 0.2) is 12.4 Å². The topological polar surface area (TPSA) is 52.6 Å². The zero-order valence-corrected chi connectivity index (χ0v) is 14.4. The molecule has 5 heteroatoms. The molecule has 0 aliphatic heterocycles. The summed E-state index contributed by atoms with van der Waals surface area (Å²) >= 11 is 1.30. The Kier molecular flexibility index (Phi) is 5.26. The van der Waals surface area contributed by atoms with Crippen molar-refractivity contribution >= 4 is 23.1 Å². The summed E-state index contributed by atoms with van der Waals surface area (Å²) in [4.78, 5) is 25.1. The van der Waals surface area contributed by atoms with E-state index in [1.807, 2.05) is 41.8 Å². The van der Waals surface area contributed by atoms with Crippen molar-refractivity contribution in [1.29, 1.82) is 0 Å². The fraction of sp³-hybridized carbons (Fsp3) is 0.100. The van der Waals surface area contributed by atoms with E-state index < -0.39 is 5.97 Å². The van der Waals surface area contributed by atoms with Crippen LogP contribution in [0.1, 0.15) is 20.0 Å². The first-order chi connectivity index (χ1) is 12.2. The summed E-state index contributed by atoms with van der Waals surface area (Å²) in [7, 11) is 1.53. The lowest BCUT2D eigenvalue weighted by Crippen LogP contribution is -2.14. The van der Waals surface area contributed by atoms with E-state index in [-0.39, 0.29) is 12.4 Å². The van der Waals surface area contributed by atoms with Gasteiger partial charge in [0.05, 0.1) is 7.11 Å². The molecule has 0 amide bonds. The van der Waals surface area contributed by atoms with Crippen molar-refractivity contribution in [1.82, 2.24) is 0 Å². The molecule has 1 aromatic heterocycles. The lowest BCUT2D eigenvalue weighted by molar-refractivity contribution is 0.0480. The Hall–Kier alpha value is -2.92. The largest absolute Gasteiger partial charge is 0.497 e. The first-order valence-electron chi connectivity index (χ1n) is 7.66. The van der Waals surface area contributed by atoms with E-state index in [2.05, 4.69) is 0 Å². The predicted octanol–water partition coefficient (Wildman–Crippen LogP) is 4.46. The Morgan fingerprint density at radius 2 is 1.80 bits per heavy atom. The molecule has 0 radical (unpaired) electrons. The van der Waals surface area contributed by atoms with Crippen LogP contribution in [-0.4, -0.2) is 25.5 Å². The average Bonchev–Trinajstić information content (AvgIpc) is 3.16. The molecule has 3 rings (SSSR count). The van der Waals surface area contributed by atoms with Crippen molar-refractivity contribution in [3.63, 3.8) is 0 Å². The van der Waals surface area contributed by atoms with Crippen molar-refractivity contribution in [2.75, 3.05) is 13.7 Å². The highest BCUT2D eigenvalue weighted by atomic mass is 32.1. The molecule has 0 N–H and O–H groups in total. The lowest BCUT2D eigenvalue weighted by Gasteiger charge is -2.06. The smallest absolute Gasteiger partial charge is 0.349 e. The lowest BCUT2D eigenvalue weighted by atomic mass is 10.1. The molecule has 25 heavy (non-hydrogen) atoms. The van der Waals surface area contributed by atoms with Gasteiger partial charge >= 0.3 is 5.97 Å². The third kappa shape index (κ3) is 3.95. The maximum Gasteiger partial charge on any atom is 0.349 e. The van der Waals surface area contributed by atoms with Crippen LogP contribution in [0.2, 0.25) is 0 Å².